The lowest BCUT2D eigenvalue weighted by Crippen LogP contribution is -2.57. The molecule has 2 aromatic rings. The van der Waals surface area contributed by atoms with E-state index in [0.29, 0.717) is 30.5 Å². The van der Waals surface area contributed by atoms with Crippen molar-refractivity contribution in [3.05, 3.63) is 63.3 Å². The van der Waals surface area contributed by atoms with Gasteiger partial charge in [0.05, 0.1) is 6.54 Å². The van der Waals surface area contributed by atoms with Crippen molar-refractivity contribution in [3.63, 3.8) is 0 Å². The van der Waals surface area contributed by atoms with Crippen LogP contribution in [-0.4, -0.2) is 57.1 Å². The molecule has 9 heteroatoms. The van der Waals surface area contributed by atoms with Gasteiger partial charge in [0.2, 0.25) is 5.43 Å². The standard InChI is InChI=1S/C25H31FN4O4/c1-15(2)11-28-12-16(3)8-9-30-20(28)14-29-13-19(22(31)23(32)21(29)25(30)34)24(33)27-10-17-4-6-18(26)7-5-17/h4-7,13,15-16,20,32H,8-12,14H2,1-3H3,(H,27,33)/t16-,20?/m1/s1. The Morgan fingerprint density at radius 3 is 2.59 bits per heavy atom. The van der Waals surface area contributed by atoms with Crippen molar-refractivity contribution in [2.75, 3.05) is 19.6 Å². The number of benzene rings is 1. The van der Waals surface area contributed by atoms with Crippen molar-refractivity contribution >= 4 is 11.8 Å². The third-order valence-corrected chi connectivity index (χ3v) is 6.48. The van der Waals surface area contributed by atoms with E-state index in [1.165, 1.54) is 35.0 Å². The van der Waals surface area contributed by atoms with Crippen LogP contribution in [0.25, 0.3) is 0 Å². The average Bonchev–Trinajstić information content (AvgIpc) is 2.93. The normalized spacial score (nSPS) is 20.6. The molecular formula is C25H31FN4O4. The molecule has 1 unspecified atom stereocenters. The number of rotatable bonds is 5. The second-order valence-corrected chi connectivity index (χ2v) is 9.75. The molecule has 0 bridgehead atoms. The number of carbonyl (C=O) groups excluding carboxylic acids is 2. The lowest BCUT2D eigenvalue weighted by Gasteiger charge is -2.42. The Kier molecular flexibility index (Phi) is 6.74. The maximum Gasteiger partial charge on any atom is 0.275 e. The first-order valence-electron chi connectivity index (χ1n) is 11.7. The molecule has 1 saturated heterocycles. The van der Waals surface area contributed by atoms with Crippen molar-refractivity contribution in [2.45, 2.75) is 46.4 Å². The molecule has 2 aliphatic heterocycles. The first-order valence-corrected chi connectivity index (χ1v) is 11.7. The van der Waals surface area contributed by atoms with Gasteiger partial charge in [0.15, 0.2) is 11.4 Å². The van der Waals surface area contributed by atoms with E-state index in [-0.39, 0.29) is 29.8 Å². The summed E-state index contributed by atoms with van der Waals surface area (Å²) in [6.45, 7) is 9.07. The largest absolute Gasteiger partial charge is 0.503 e. The van der Waals surface area contributed by atoms with Crippen LogP contribution < -0.4 is 10.7 Å². The van der Waals surface area contributed by atoms with E-state index >= 15 is 0 Å². The number of aromatic hydroxyl groups is 1. The summed E-state index contributed by atoms with van der Waals surface area (Å²) >= 11 is 0. The van der Waals surface area contributed by atoms with E-state index in [1.54, 1.807) is 4.90 Å². The van der Waals surface area contributed by atoms with E-state index in [4.69, 9.17) is 0 Å². The van der Waals surface area contributed by atoms with E-state index in [2.05, 4.69) is 31.0 Å². The van der Waals surface area contributed by atoms with Gasteiger partial charge in [0, 0.05) is 32.4 Å². The zero-order valence-electron chi connectivity index (χ0n) is 19.8. The molecular weight excluding hydrogens is 439 g/mol. The number of aromatic nitrogens is 1. The summed E-state index contributed by atoms with van der Waals surface area (Å²) in [5.41, 5.74) is -0.519. The number of nitrogens with zero attached hydrogens (tertiary/aromatic N) is 3. The van der Waals surface area contributed by atoms with Gasteiger partial charge in [0.25, 0.3) is 11.8 Å². The smallest absolute Gasteiger partial charge is 0.275 e. The first-order chi connectivity index (χ1) is 16.2. The Bertz CT molecular complexity index is 1140. The number of hydrogen-bond acceptors (Lipinski definition) is 5. The van der Waals surface area contributed by atoms with Gasteiger partial charge < -0.3 is 19.9 Å². The minimum absolute atomic E-state index is 0.0737. The number of hydrogen-bond donors (Lipinski definition) is 2. The van der Waals surface area contributed by atoms with Gasteiger partial charge in [-0.2, -0.15) is 0 Å². The summed E-state index contributed by atoms with van der Waals surface area (Å²) in [5.74, 6) is -1.34. The second kappa shape index (κ2) is 9.58. The molecule has 4 rings (SSSR count). The van der Waals surface area contributed by atoms with Crippen LogP contribution in [0.1, 0.15) is 53.6 Å². The quantitative estimate of drug-likeness (QED) is 0.700. The third kappa shape index (κ3) is 4.70. The van der Waals surface area contributed by atoms with Crippen LogP contribution in [0.5, 0.6) is 5.75 Å². The molecule has 1 aromatic heterocycles. The van der Waals surface area contributed by atoms with Crippen molar-refractivity contribution in [2.24, 2.45) is 11.8 Å². The summed E-state index contributed by atoms with van der Waals surface area (Å²) < 4.78 is 14.6. The highest BCUT2D eigenvalue weighted by Crippen LogP contribution is 2.29. The Morgan fingerprint density at radius 2 is 1.91 bits per heavy atom. The lowest BCUT2D eigenvalue weighted by molar-refractivity contribution is 0.0170. The van der Waals surface area contributed by atoms with Crippen molar-refractivity contribution < 1.29 is 19.1 Å². The average molecular weight is 471 g/mol. The highest BCUT2D eigenvalue weighted by atomic mass is 19.1. The Labute approximate surface area is 198 Å². The number of pyridine rings is 1. The molecule has 0 spiro atoms. The van der Waals surface area contributed by atoms with Gasteiger partial charge >= 0.3 is 0 Å². The summed E-state index contributed by atoms with van der Waals surface area (Å²) in [6, 6.07) is 5.65. The molecule has 0 radical (unpaired) electrons. The SMILES string of the molecule is CC(C)CN1C[C@H](C)CCN2C(=O)c3c(O)c(=O)c(C(=O)NCc4ccc(F)cc4)cn3CC12. The van der Waals surface area contributed by atoms with Gasteiger partial charge in [-0.15, -0.1) is 0 Å². The van der Waals surface area contributed by atoms with Crippen molar-refractivity contribution in [3.8, 4) is 5.75 Å². The van der Waals surface area contributed by atoms with E-state index < -0.39 is 23.0 Å². The molecule has 2 aliphatic rings. The summed E-state index contributed by atoms with van der Waals surface area (Å²) in [4.78, 5) is 43.0. The first kappa shape index (κ1) is 23.9. The van der Waals surface area contributed by atoms with Crippen LogP contribution in [0.2, 0.25) is 0 Å². The zero-order valence-corrected chi connectivity index (χ0v) is 19.8. The van der Waals surface area contributed by atoms with Crippen LogP contribution in [0.15, 0.2) is 35.3 Å². The highest BCUT2D eigenvalue weighted by molar-refractivity contribution is 5.99. The second-order valence-electron chi connectivity index (χ2n) is 9.75. The maximum absolute atomic E-state index is 13.4. The fourth-order valence-electron chi connectivity index (χ4n) is 4.81. The minimum atomic E-state index is -0.878. The molecule has 2 amide bonds. The van der Waals surface area contributed by atoms with Crippen molar-refractivity contribution in [1.29, 1.82) is 0 Å². The fourth-order valence-corrected chi connectivity index (χ4v) is 4.81. The fraction of sp³-hybridized carbons (Fsp3) is 0.480. The van der Waals surface area contributed by atoms with Crippen LogP contribution in [-0.2, 0) is 13.1 Å². The number of amides is 2. The van der Waals surface area contributed by atoms with Gasteiger partial charge in [-0.1, -0.05) is 32.9 Å². The molecule has 2 atom stereocenters. The molecule has 0 saturated carbocycles. The predicted octanol–water partition coefficient (Wildman–Crippen LogP) is 2.40. The Balaban J connectivity index is 1.64. The molecule has 0 aliphatic carbocycles. The lowest BCUT2D eigenvalue weighted by atomic mass is 10.1. The van der Waals surface area contributed by atoms with E-state index in [1.807, 2.05) is 0 Å². The maximum atomic E-state index is 13.4. The van der Waals surface area contributed by atoms with E-state index in [9.17, 15) is 23.9 Å². The summed E-state index contributed by atoms with van der Waals surface area (Å²) in [6.07, 6.45) is 1.99. The Hall–Kier alpha value is -3.20. The molecule has 1 fully saturated rings. The van der Waals surface area contributed by atoms with Crippen LogP contribution in [0, 0.1) is 17.7 Å². The number of nitrogens with one attached hydrogen (secondary N) is 1. The molecule has 8 nitrogen and oxygen atoms in total. The number of halogens is 1. The molecule has 34 heavy (non-hydrogen) atoms. The minimum Gasteiger partial charge on any atom is -0.503 e. The van der Waals surface area contributed by atoms with Gasteiger partial charge in [-0.05, 0) is 36.0 Å². The van der Waals surface area contributed by atoms with E-state index in [0.717, 1.165) is 19.5 Å². The highest BCUT2D eigenvalue weighted by Gasteiger charge is 2.40. The van der Waals surface area contributed by atoms with Crippen LogP contribution in [0.4, 0.5) is 4.39 Å². The predicted molar refractivity (Wildman–Crippen MR) is 125 cm³/mol. The van der Waals surface area contributed by atoms with Gasteiger partial charge in [-0.3, -0.25) is 19.3 Å². The van der Waals surface area contributed by atoms with Crippen LogP contribution >= 0.6 is 0 Å². The monoisotopic (exact) mass is 470 g/mol. The zero-order chi connectivity index (χ0) is 24.6. The van der Waals surface area contributed by atoms with Gasteiger partial charge in [-0.25, -0.2) is 4.39 Å². The summed E-state index contributed by atoms with van der Waals surface area (Å²) in [5, 5.41) is 13.3. The number of fused-ring (bicyclic) bond motifs is 2. The molecule has 3 heterocycles. The topological polar surface area (TPSA) is 94.9 Å². The molecule has 1 aromatic carbocycles. The van der Waals surface area contributed by atoms with Gasteiger partial charge in [0.1, 0.15) is 17.5 Å². The summed E-state index contributed by atoms with van der Waals surface area (Å²) in [7, 11) is 0. The third-order valence-electron chi connectivity index (χ3n) is 6.48. The Morgan fingerprint density at radius 1 is 1.21 bits per heavy atom. The molecule has 2 N–H and O–H groups in total. The number of carbonyl (C=O) groups is 2. The van der Waals surface area contributed by atoms with Crippen molar-refractivity contribution in [1.82, 2.24) is 19.7 Å². The molecule has 182 valence electrons. The van der Waals surface area contributed by atoms with Crippen LogP contribution in [0.3, 0.4) is 0 Å².